The molecule has 0 aliphatic rings. The van der Waals surface area contributed by atoms with Gasteiger partial charge >= 0.3 is 5.97 Å². The summed E-state index contributed by atoms with van der Waals surface area (Å²) in [6.07, 6.45) is 0.182. The molecule has 0 aromatic heterocycles. The molecule has 4 N–H and O–H groups in total. The molecule has 6 heteroatoms. The highest BCUT2D eigenvalue weighted by Crippen LogP contribution is 2.03. The number of hydrogen-bond acceptors (Lipinski definition) is 4. The summed E-state index contributed by atoms with van der Waals surface area (Å²) in [4.78, 5) is 21.0. The van der Waals surface area contributed by atoms with E-state index >= 15 is 0 Å². The maximum absolute atomic E-state index is 10.7. The Labute approximate surface area is 69.3 Å². The Morgan fingerprint density at radius 2 is 2.18 bits per heavy atom. The van der Waals surface area contributed by atoms with Gasteiger partial charge in [-0.25, -0.2) is 5.84 Å². The van der Waals surface area contributed by atoms with Crippen LogP contribution in [0.15, 0.2) is 0 Å². The van der Waals surface area contributed by atoms with Gasteiger partial charge in [-0.3, -0.25) is 15.0 Å². The average Bonchev–Trinajstić information content (AvgIpc) is 1.98. The quantitative estimate of drug-likeness (QED) is 0.146. The fourth-order valence-electron chi connectivity index (χ4n) is 0.596. The second kappa shape index (κ2) is 4.97. The standard InChI is InChI=1S/C5H10N2O3S/c6-7-4(8)3(1-2-11)5(9)10/h3,11H,1-2,6H2,(H,7,8)(H,9,10). The molecule has 0 aliphatic heterocycles. The highest BCUT2D eigenvalue weighted by molar-refractivity contribution is 7.80. The smallest absolute Gasteiger partial charge is 0.316 e. The third-order valence-corrected chi connectivity index (χ3v) is 1.43. The van der Waals surface area contributed by atoms with Gasteiger partial charge in [-0.15, -0.1) is 0 Å². The van der Waals surface area contributed by atoms with E-state index in [4.69, 9.17) is 10.9 Å². The van der Waals surface area contributed by atoms with Gasteiger partial charge in [0.05, 0.1) is 0 Å². The van der Waals surface area contributed by atoms with Gasteiger partial charge in [-0.2, -0.15) is 12.6 Å². The van der Waals surface area contributed by atoms with Crippen LogP contribution in [0.3, 0.4) is 0 Å². The van der Waals surface area contributed by atoms with Crippen molar-refractivity contribution < 1.29 is 14.7 Å². The van der Waals surface area contributed by atoms with E-state index in [9.17, 15) is 9.59 Å². The zero-order chi connectivity index (χ0) is 8.85. The van der Waals surface area contributed by atoms with Crippen LogP contribution in [-0.2, 0) is 9.59 Å². The molecule has 0 fully saturated rings. The van der Waals surface area contributed by atoms with Crippen LogP contribution in [0, 0.1) is 5.92 Å². The van der Waals surface area contributed by atoms with Gasteiger partial charge in [0, 0.05) is 0 Å². The molecule has 0 radical (unpaired) electrons. The number of carboxylic acid groups (broad SMARTS) is 1. The Morgan fingerprint density at radius 3 is 2.45 bits per heavy atom. The maximum atomic E-state index is 10.7. The lowest BCUT2D eigenvalue weighted by Crippen LogP contribution is -2.39. The van der Waals surface area contributed by atoms with Crippen molar-refractivity contribution in [3.8, 4) is 0 Å². The van der Waals surface area contributed by atoms with E-state index in [0.29, 0.717) is 5.75 Å². The van der Waals surface area contributed by atoms with Crippen LogP contribution in [0.1, 0.15) is 6.42 Å². The zero-order valence-electron chi connectivity index (χ0n) is 5.78. The van der Waals surface area contributed by atoms with Gasteiger partial charge < -0.3 is 5.11 Å². The molecule has 11 heavy (non-hydrogen) atoms. The van der Waals surface area contributed by atoms with E-state index in [0.717, 1.165) is 0 Å². The molecule has 0 rings (SSSR count). The van der Waals surface area contributed by atoms with Crippen LogP contribution in [0.4, 0.5) is 0 Å². The number of nitrogens with one attached hydrogen (secondary N) is 1. The van der Waals surface area contributed by atoms with Gasteiger partial charge in [0.15, 0.2) is 0 Å². The van der Waals surface area contributed by atoms with Crippen LogP contribution in [0.25, 0.3) is 0 Å². The molecule has 0 saturated heterocycles. The van der Waals surface area contributed by atoms with E-state index < -0.39 is 17.8 Å². The minimum atomic E-state index is -1.18. The molecule has 0 aromatic carbocycles. The Morgan fingerprint density at radius 1 is 1.64 bits per heavy atom. The number of carboxylic acids is 1. The zero-order valence-corrected chi connectivity index (χ0v) is 6.67. The van der Waals surface area contributed by atoms with Gasteiger partial charge in [-0.1, -0.05) is 0 Å². The minimum Gasteiger partial charge on any atom is -0.481 e. The fraction of sp³-hybridized carbons (Fsp3) is 0.600. The van der Waals surface area contributed by atoms with E-state index in [1.54, 1.807) is 5.43 Å². The number of carbonyl (C=O) groups excluding carboxylic acids is 1. The van der Waals surface area contributed by atoms with Crippen LogP contribution in [0.5, 0.6) is 0 Å². The van der Waals surface area contributed by atoms with Crippen molar-refractivity contribution in [1.29, 1.82) is 0 Å². The third kappa shape index (κ3) is 3.24. The molecule has 0 bridgehead atoms. The second-order valence-electron chi connectivity index (χ2n) is 1.91. The predicted octanol–water partition coefficient (Wildman–Crippen LogP) is -1.00. The summed E-state index contributed by atoms with van der Waals surface area (Å²) >= 11 is 3.80. The first-order valence-electron chi connectivity index (χ1n) is 2.97. The Bertz CT molecular complexity index is 162. The lowest BCUT2D eigenvalue weighted by Gasteiger charge is -2.07. The number of rotatable bonds is 4. The van der Waals surface area contributed by atoms with Gasteiger partial charge in [0.2, 0.25) is 5.91 Å². The van der Waals surface area contributed by atoms with Crippen LogP contribution >= 0.6 is 12.6 Å². The van der Waals surface area contributed by atoms with E-state index in [-0.39, 0.29) is 6.42 Å². The van der Waals surface area contributed by atoms with Crippen LogP contribution in [-0.4, -0.2) is 22.7 Å². The van der Waals surface area contributed by atoms with Gasteiger partial charge in [0.1, 0.15) is 5.92 Å². The topological polar surface area (TPSA) is 92.4 Å². The summed E-state index contributed by atoms with van der Waals surface area (Å²) in [6, 6.07) is 0. The Kier molecular flexibility index (Phi) is 4.64. The fourth-order valence-corrected chi connectivity index (χ4v) is 0.855. The molecule has 0 aliphatic carbocycles. The maximum Gasteiger partial charge on any atom is 0.316 e. The molecule has 0 saturated carbocycles. The van der Waals surface area contributed by atoms with Crippen LogP contribution in [0.2, 0.25) is 0 Å². The lowest BCUT2D eigenvalue weighted by atomic mass is 10.1. The molecule has 0 spiro atoms. The summed E-state index contributed by atoms with van der Waals surface area (Å²) < 4.78 is 0. The van der Waals surface area contributed by atoms with Crippen molar-refractivity contribution in [3.63, 3.8) is 0 Å². The highest BCUT2D eigenvalue weighted by Gasteiger charge is 2.24. The number of hydrogen-bond donors (Lipinski definition) is 4. The van der Waals surface area contributed by atoms with Gasteiger partial charge in [0.25, 0.3) is 0 Å². The van der Waals surface area contributed by atoms with E-state index in [2.05, 4.69) is 12.6 Å². The molecular formula is C5H10N2O3S. The van der Waals surface area contributed by atoms with Crippen molar-refractivity contribution in [2.45, 2.75) is 6.42 Å². The predicted molar refractivity (Wildman–Crippen MR) is 41.9 cm³/mol. The first-order chi connectivity index (χ1) is 5.13. The SMILES string of the molecule is NNC(=O)C(CCS)C(=O)O. The number of carbonyl (C=O) groups is 2. The minimum absolute atomic E-state index is 0.182. The number of thiol groups is 1. The number of hydrazine groups is 1. The second-order valence-corrected chi connectivity index (χ2v) is 2.36. The van der Waals surface area contributed by atoms with Crippen LogP contribution < -0.4 is 11.3 Å². The number of amides is 1. The molecule has 1 atom stereocenters. The van der Waals surface area contributed by atoms with Crippen molar-refractivity contribution in [2.75, 3.05) is 5.75 Å². The molecule has 64 valence electrons. The largest absolute Gasteiger partial charge is 0.481 e. The van der Waals surface area contributed by atoms with Crippen molar-refractivity contribution >= 4 is 24.5 Å². The number of aliphatic carboxylic acids is 1. The Hall–Kier alpha value is -0.750. The summed E-state index contributed by atoms with van der Waals surface area (Å²) in [6.45, 7) is 0. The lowest BCUT2D eigenvalue weighted by molar-refractivity contribution is -0.147. The monoisotopic (exact) mass is 178 g/mol. The molecule has 5 nitrogen and oxygen atoms in total. The van der Waals surface area contributed by atoms with Gasteiger partial charge in [-0.05, 0) is 12.2 Å². The summed E-state index contributed by atoms with van der Waals surface area (Å²) in [5.74, 6) is 2.14. The normalized spacial score (nSPS) is 12.2. The van der Waals surface area contributed by atoms with Crippen molar-refractivity contribution in [3.05, 3.63) is 0 Å². The van der Waals surface area contributed by atoms with Crippen molar-refractivity contribution in [2.24, 2.45) is 11.8 Å². The first-order valence-corrected chi connectivity index (χ1v) is 3.60. The average molecular weight is 178 g/mol. The molecule has 1 unspecified atom stereocenters. The highest BCUT2D eigenvalue weighted by atomic mass is 32.1. The summed E-state index contributed by atoms with van der Waals surface area (Å²) in [7, 11) is 0. The third-order valence-electron chi connectivity index (χ3n) is 1.17. The molecular weight excluding hydrogens is 168 g/mol. The first kappa shape index (κ1) is 10.2. The molecule has 0 aromatic rings. The van der Waals surface area contributed by atoms with E-state index in [1.165, 1.54) is 0 Å². The summed E-state index contributed by atoms with van der Waals surface area (Å²) in [5.41, 5.74) is 1.78. The Balaban J connectivity index is 4.09. The summed E-state index contributed by atoms with van der Waals surface area (Å²) in [5, 5.41) is 8.46. The van der Waals surface area contributed by atoms with Crippen molar-refractivity contribution in [1.82, 2.24) is 5.43 Å². The molecule has 0 heterocycles. The van der Waals surface area contributed by atoms with E-state index in [1.807, 2.05) is 0 Å². The molecule has 1 amide bonds. The number of nitrogens with two attached hydrogens (primary N) is 1.